The normalized spacial score (nSPS) is 19.1. The van der Waals surface area contributed by atoms with E-state index in [1.165, 1.54) is 0 Å². The molecule has 0 atom stereocenters. The molecule has 0 aromatic rings. The monoisotopic (exact) mass is 206 g/mol. The molecule has 0 aromatic heterocycles. The lowest BCUT2D eigenvalue weighted by Gasteiger charge is -2.11. The summed E-state index contributed by atoms with van der Waals surface area (Å²) in [4.78, 5) is 9.93. The average Bonchev–Trinajstić information content (AvgIpc) is 2.52. The number of hydrogen-bond acceptors (Lipinski definition) is 3. The Hall–Kier alpha value is -0.460. The highest BCUT2D eigenvalue weighted by atomic mass is 32.2. The predicted octanol–water partition coefficient (Wildman–Crippen LogP) is -0.448. The smallest absolute Gasteiger partial charge is 0.277 e. The van der Waals surface area contributed by atoms with Crippen molar-refractivity contribution >= 4 is 16.5 Å². The number of carbonyl (C=O) groups excluding carboxylic acids is 1. The third-order valence-corrected chi connectivity index (χ3v) is 3.22. The van der Waals surface area contributed by atoms with Crippen molar-refractivity contribution in [1.29, 1.82) is 0 Å². The van der Waals surface area contributed by atoms with Gasteiger partial charge in [-0.2, -0.15) is 17.9 Å². The maximum absolute atomic E-state index is 11.2. The molecule has 13 heavy (non-hydrogen) atoms. The van der Waals surface area contributed by atoms with E-state index in [9.17, 15) is 13.2 Å². The van der Waals surface area contributed by atoms with Crippen LogP contribution < -0.4 is 9.44 Å². The van der Waals surface area contributed by atoms with E-state index in [-0.39, 0.29) is 12.6 Å². The minimum absolute atomic E-state index is 0.0455. The molecule has 0 spiro atoms. The number of nitrogens with one attached hydrogen (secondary N) is 2. The predicted molar refractivity (Wildman–Crippen MR) is 48.4 cm³/mol. The maximum Gasteiger partial charge on any atom is 0.277 e. The number of hydrogen-bond donors (Lipinski definition) is 2. The van der Waals surface area contributed by atoms with E-state index >= 15 is 0 Å². The molecule has 0 amide bonds. The fraction of sp³-hybridized carbons (Fsp3) is 0.857. The zero-order chi connectivity index (χ0) is 9.73. The Labute approximate surface area is 78.1 Å². The minimum atomic E-state index is -3.46. The summed E-state index contributed by atoms with van der Waals surface area (Å²) < 4.78 is 26.9. The SMILES string of the molecule is O=CCNS(=O)(=O)NC1CCCC1. The molecule has 0 aliphatic heterocycles. The van der Waals surface area contributed by atoms with Gasteiger partial charge in [0.05, 0.1) is 6.54 Å². The van der Waals surface area contributed by atoms with Gasteiger partial charge in [0.1, 0.15) is 6.29 Å². The van der Waals surface area contributed by atoms with Crippen LogP contribution in [0.25, 0.3) is 0 Å². The van der Waals surface area contributed by atoms with E-state index in [1.807, 2.05) is 0 Å². The molecule has 0 saturated heterocycles. The zero-order valence-electron chi connectivity index (χ0n) is 7.32. The Kier molecular flexibility index (Phi) is 3.83. The number of aldehydes is 1. The van der Waals surface area contributed by atoms with E-state index in [0.717, 1.165) is 25.7 Å². The third-order valence-electron chi connectivity index (χ3n) is 2.03. The van der Waals surface area contributed by atoms with Gasteiger partial charge in [-0.15, -0.1) is 0 Å². The number of carbonyl (C=O) groups is 1. The van der Waals surface area contributed by atoms with Gasteiger partial charge in [-0.3, -0.25) is 0 Å². The van der Waals surface area contributed by atoms with Crippen molar-refractivity contribution in [1.82, 2.24) is 9.44 Å². The van der Waals surface area contributed by atoms with Gasteiger partial charge in [-0.25, -0.2) is 0 Å². The van der Waals surface area contributed by atoms with Crippen LogP contribution in [0, 0.1) is 0 Å². The maximum atomic E-state index is 11.2. The Bertz CT molecular complexity index is 257. The molecular weight excluding hydrogens is 192 g/mol. The zero-order valence-corrected chi connectivity index (χ0v) is 8.14. The van der Waals surface area contributed by atoms with Crippen LogP contribution in [0.5, 0.6) is 0 Å². The van der Waals surface area contributed by atoms with Gasteiger partial charge in [0.25, 0.3) is 10.2 Å². The summed E-state index contributed by atoms with van der Waals surface area (Å²) in [5.41, 5.74) is 0. The van der Waals surface area contributed by atoms with Gasteiger partial charge >= 0.3 is 0 Å². The topological polar surface area (TPSA) is 75.3 Å². The average molecular weight is 206 g/mol. The van der Waals surface area contributed by atoms with Crippen LogP contribution in [-0.2, 0) is 15.0 Å². The fourth-order valence-electron chi connectivity index (χ4n) is 1.45. The molecule has 2 N–H and O–H groups in total. The van der Waals surface area contributed by atoms with Gasteiger partial charge in [-0.05, 0) is 12.8 Å². The van der Waals surface area contributed by atoms with Crippen molar-refractivity contribution in [3.63, 3.8) is 0 Å². The van der Waals surface area contributed by atoms with E-state index < -0.39 is 10.2 Å². The lowest BCUT2D eigenvalue weighted by atomic mass is 10.3. The Balaban J connectivity index is 2.36. The second-order valence-electron chi connectivity index (χ2n) is 3.12. The largest absolute Gasteiger partial charge is 0.302 e. The first-order valence-electron chi connectivity index (χ1n) is 4.34. The third kappa shape index (κ3) is 3.84. The molecule has 0 aromatic carbocycles. The summed E-state index contributed by atoms with van der Waals surface area (Å²) in [6.45, 7) is -0.165. The Morgan fingerprint density at radius 1 is 1.31 bits per heavy atom. The quantitative estimate of drug-likeness (QED) is 0.598. The van der Waals surface area contributed by atoms with Crippen molar-refractivity contribution in [3.8, 4) is 0 Å². The second kappa shape index (κ2) is 4.69. The van der Waals surface area contributed by atoms with Crippen LogP contribution in [0.3, 0.4) is 0 Å². The summed E-state index contributed by atoms with van der Waals surface area (Å²) >= 11 is 0. The molecule has 5 nitrogen and oxygen atoms in total. The molecule has 0 heterocycles. The van der Waals surface area contributed by atoms with Crippen LogP contribution in [0.15, 0.2) is 0 Å². The first kappa shape index (κ1) is 10.6. The summed E-state index contributed by atoms with van der Waals surface area (Å²) in [7, 11) is -3.46. The van der Waals surface area contributed by atoms with Crippen molar-refractivity contribution in [2.75, 3.05) is 6.54 Å². The van der Waals surface area contributed by atoms with Gasteiger partial charge in [0.2, 0.25) is 0 Å². The van der Waals surface area contributed by atoms with Crippen molar-refractivity contribution in [3.05, 3.63) is 0 Å². The highest BCUT2D eigenvalue weighted by Gasteiger charge is 2.20. The molecule has 6 heteroatoms. The summed E-state index contributed by atoms with van der Waals surface area (Å²) in [6.07, 6.45) is 4.44. The molecule has 1 saturated carbocycles. The standard InChI is InChI=1S/C7H14N2O3S/c10-6-5-8-13(11,12)9-7-3-1-2-4-7/h6-9H,1-5H2. The Morgan fingerprint density at radius 2 is 1.92 bits per heavy atom. The van der Waals surface area contributed by atoms with Crippen LogP contribution in [0.2, 0.25) is 0 Å². The number of rotatable bonds is 5. The molecule has 0 bridgehead atoms. The van der Waals surface area contributed by atoms with Crippen LogP contribution >= 0.6 is 0 Å². The first-order chi connectivity index (χ1) is 6.14. The Morgan fingerprint density at radius 3 is 2.46 bits per heavy atom. The van der Waals surface area contributed by atoms with E-state index in [2.05, 4.69) is 9.44 Å². The van der Waals surface area contributed by atoms with E-state index in [1.54, 1.807) is 0 Å². The molecule has 76 valence electrons. The summed E-state index contributed by atoms with van der Waals surface area (Å²) in [5, 5.41) is 0. The van der Waals surface area contributed by atoms with Gasteiger partial charge < -0.3 is 4.79 Å². The van der Waals surface area contributed by atoms with Crippen molar-refractivity contribution in [2.45, 2.75) is 31.7 Å². The highest BCUT2D eigenvalue weighted by molar-refractivity contribution is 7.87. The van der Waals surface area contributed by atoms with E-state index in [4.69, 9.17) is 0 Å². The molecule has 0 unspecified atom stereocenters. The minimum Gasteiger partial charge on any atom is -0.302 e. The highest BCUT2D eigenvalue weighted by Crippen LogP contribution is 2.17. The van der Waals surface area contributed by atoms with Gasteiger partial charge in [0.15, 0.2) is 0 Å². The van der Waals surface area contributed by atoms with Gasteiger partial charge in [-0.1, -0.05) is 12.8 Å². The summed E-state index contributed by atoms with van der Waals surface area (Å²) in [5.74, 6) is 0. The summed E-state index contributed by atoms with van der Waals surface area (Å²) in [6, 6.07) is 0.0455. The fourth-order valence-corrected chi connectivity index (χ4v) is 2.49. The molecule has 1 aliphatic carbocycles. The van der Waals surface area contributed by atoms with Crippen LogP contribution in [0.1, 0.15) is 25.7 Å². The lowest BCUT2D eigenvalue weighted by Crippen LogP contribution is -2.42. The van der Waals surface area contributed by atoms with E-state index in [0.29, 0.717) is 6.29 Å². The molecular formula is C7H14N2O3S. The lowest BCUT2D eigenvalue weighted by molar-refractivity contribution is -0.106. The van der Waals surface area contributed by atoms with Crippen LogP contribution in [-0.4, -0.2) is 27.3 Å². The molecule has 0 radical (unpaired) electrons. The van der Waals surface area contributed by atoms with Gasteiger partial charge in [0, 0.05) is 6.04 Å². The molecule has 1 aliphatic rings. The molecule has 1 rings (SSSR count). The van der Waals surface area contributed by atoms with Crippen molar-refractivity contribution < 1.29 is 13.2 Å². The second-order valence-corrected chi connectivity index (χ2v) is 4.65. The molecule has 1 fully saturated rings. The van der Waals surface area contributed by atoms with Crippen molar-refractivity contribution in [2.24, 2.45) is 0 Å². The van der Waals surface area contributed by atoms with Crippen LogP contribution in [0.4, 0.5) is 0 Å². The first-order valence-corrected chi connectivity index (χ1v) is 5.83.